The Kier molecular flexibility index (Phi) is 5.85. The molecule has 0 aliphatic carbocycles. The van der Waals surface area contributed by atoms with Gasteiger partial charge in [-0.05, 0) is 48.1 Å². The number of benzene rings is 1. The third-order valence-electron chi connectivity index (χ3n) is 5.73. The molecule has 0 unspecified atom stereocenters. The smallest absolute Gasteiger partial charge is 0.231 e. The zero-order valence-electron chi connectivity index (χ0n) is 17.4. The molecule has 1 saturated heterocycles. The fourth-order valence-corrected chi connectivity index (χ4v) is 4.59. The zero-order valence-corrected chi connectivity index (χ0v) is 18.2. The van der Waals surface area contributed by atoms with Gasteiger partial charge in [0.1, 0.15) is 0 Å². The maximum absolute atomic E-state index is 5.54. The highest BCUT2D eigenvalue weighted by molar-refractivity contribution is 7.14. The van der Waals surface area contributed by atoms with E-state index in [0.29, 0.717) is 12.8 Å². The topological polar surface area (TPSA) is 58.1 Å². The molecule has 4 rings (SSSR count). The van der Waals surface area contributed by atoms with E-state index < -0.39 is 0 Å². The van der Waals surface area contributed by atoms with Gasteiger partial charge in [0.2, 0.25) is 6.79 Å². The Labute approximate surface area is 176 Å². The molecule has 2 N–H and O–H groups in total. The van der Waals surface area contributed by atoms with Crippen molar-refractivity contribution in [3.8, 4) is 11.5 Å². The quantitative estimate of drug-likeness (QED) is 0.578. The molecule has 1 aromatic heterocycles. The average molecular weight is 415 g/mol. The van der Waals surface area contributed by atoms with Gasteiger partial charge in [-0.3, -0.25) is 4.99 Å². The number of aliphatic imine (C=N–C) groups is 1. The van der Waals surface area contributed by atoms with Crippen molar-refractivity contribution in [2.24, 2.45) is 4.99 Å². The molecule has 0 atom stereocenters. The molecule has 1 fully saturated rings. The van der Waals surface area contributed by atoms with Crippen molar-refractivity contribution >= 4 is 22.3 Å². The summed E-state index contributed by atoms with van der Waals surface area (Å²) in [5.74, 6) is 2.52. The number of guanidine groups is 1. The van der Waals surface area contributed by atoms with E-state index in [1.807, 2.05) is 24.5 Å². The summed E-state index contributed by atoms with van der Waals surface area (Å²) in [5, 5.41) is 10.6. The highest BCUT2D eigenvalue weighted by Crippen LogP contribution is 2.36. The summed E-state index contributed by atoms with van der Waals surface area (Å²) in [6.07, 6.45) is 2.23. The van der Waals surface area contributed by atoms with Crippen LogP contribution in [-0.4, -0.2) is 45.5 Å². The minimum absolute atomic E-state index is 0.0683. The number of thiophene rings is 1. The molecule has 0 saturated carbocycles. The van der Waals surface area contributed by atoms with Gasteiger partial charge in [-0.15, -0.1) is 11.3 Å². The van der Waals surface area contributed by atoms with E-state index in [4.69, 9.17) is 9.47 Å². The van der Waals surface area contributed by atoms with E-state index in [9.17, 15) is 0 Å². The molecular formula is C22H30N4O2S. The molecule has 3 heterocycles. The van der Waals surface area contributed by atoms with E-state index in [2.05, 4.69) is 64.0 Å². The standard InChI is InChI=1S/C22H30N4O2S/c1-22(2,16-6-7-18-19(13-16)28-15-27-18)14-24-21(23-3)25-17-8-10-26(11-9-17)20-5-4-12-29-20/h4-7,12-13,17H,8-11,14-15H2,1-3H3,(H2,23,24,25). The molecule has 0 radical (unpaired) electrons. The Hall–Kier alpha value is -2.41. The molecule has 29 heavy (non-hydrogen) atoms. The minimum Gasteiger partial charge on any atom is -0.454 e. The van der Waals surface area contributed by atoms with Crippen LogP contribution in [0.2, 0.25) is 0 Å². The average Bonchev–Trinajstić information content (AvgIpc) is 3.43. The predicted octanol–water partition coefficient (Wildman–Crippen LogP) is 3.59. The summed E-state index contributed by atoms with van der Waals surface area (Å²) in [5.41, 5.74) is 1.15. The fourth-order valence-electron chi connectivity index (χ4n) is 3.81. The van der Waals surface area contributed by atoms with Gasteiger partial charge < -0.3 is 25.0 Å². The van der Waals surface area contributed by atoms with Crippen molar-refractivity contribution in [2.75, 3.05) is 38.4 Å². The lowest BCUT2D eigenvalue weighted by molar-refractivity contribution is 0.174. The van der Waals surface area contributed by atoms with Crippen molar-refractivity contribution in [1.82, 2.24) is 10.6 Å². The van der Waals surface area contributed by atoms with E-state index in [1.165, 1.54) is 10.6 Å². The van der Waals surface area contributed by atoms with Crippen LogP contribution in [0, 0.1) is 0 Å². The van der Waals surface area contributed by atoms with Gasteiger partial charge in [0.05, 0.1) is 5.00 Å². The summed E-state index contributed by atoms with van der Waals surface area (Å²) in [6.45, 7) is 7.70. The van der Waals surface area contributed by atoms with Crippen molar-refractivity contribution in [2.45, 2.75) is 38.1 Å². The number of nitrogens with one attached hydrogen (secondary N) is 2. The van der Waals surface area contributed by atoms with Gasteiger partial charge in [0.25, 0.3) is 0 Å². The Morgan fingerprint density at radius 3 is 2.72 bits per heavy atom. The van der Waals surface area contributed by atoms with Gasteiger partial charge in [-0.2, -0.15) is 0 Å². The molecule has 1 aromatic carbocycles. The van der Waals surface area contributed by atoms with Crippen LogP contribution in [0.4, 0.5) is 5.00 Å². The van der Waals surface area contributed by atoms with Crippen LogP contribution in [-0.2, 0) is 5.41 Å². The van der Waals surface area contributed by atoms with E-state index in [1.54, 1.807) is 0 Å². The van der Waals surface area contributed by atoms with Crippen molar-refractivity contribution in [1.29, 1.82) is 0 Å². The first-order valence-electron chi connectivity index (χ1n) is 10.2. The van der Waals surface area contributed by atoms with E-state index >= 15 is 0 Å². The summed E-state index contributed by atoms with van der Waals surface area (Å²) in [6, 6.07) is 11.0. The Morgan fingerprint density at radius 1 is 1.21 bits per heavy atom. The number of hydrogen-bond acceptors (Lipinski definition) is 5. The van der Waals surface area contributed by atoms with Gasteiger partial charge >= 0.3 is 0 Å². The van der Waals surface area contributed by atoms with Gasteiger partial charge in [-0.1, -0.05) is 19.9 Å². The van der Waals surface area contributed by atoms with Crippen LogP contribution in [0.5, 0.6) is 11.5 Å². The number of hydrogen-bond donors (Lipinski definition) is 2. The van der Waals surface area contributed by atoms with Crippen LogP contribution >= 0.6 is 11.3 Å². The van der Waals surface area contributed by atoms with Crippen LogP contribution in [0.3, 0.4) is 0 Å². The van der Waals surface area contributed by atoms with Gasteiger partial charge in [0, 0.05) is 38.1 Å². The highest BCUT2D eigenvalue weighted by atomic mass is 32.1. The Bertz CT molecular complexity index is 843. The first-order valence-corrected chi connectivity index (χ1v) is 11.1. The zero-order chi connectivity index (χ0) is 20.3. The molecule has 2 aliphatic rings. The third-order valence-corrected chi connectivity index (χ3v) is 6.66. The number of piperidine rings is 1. The molecule has 0 spiro atoms. The number of rotatable bonds is 5. The summed E-state index contributed by atoms with van der Waals surface area (Å²) in [4.78, 5) is 6.92. The lowest BCUT2D eigenvalue weighted by Crippen LogP contribution is -2.50. The number of fused-ring (bicyclic) bond motifs is 1. The van der Waals surface area contributed by atoms with E-state index in [-0.39, 0.29) is 5.41 Å². The second kappa shape index (κ2) is 8.53. The SMILES string of the molecule is CN=C(NCC(C)(C)c1ccc2c(c1)OCO2)NC1CCN(c2cccs2)CC1. The van der Waals surface area contributed by atoms with Gasteiger partial charge in [-0.25, -0.2) is 0 Å². The molecular weight excluding hydrogens is 384 g/mol. The number of ether oxygens (including phenoxy) is 2. The minimum atomic E-state index is -0.0683. The monoisotopic (exact) mass is 414 g/mol. The summed E-state index contributed by atoms with van der Waals surface area (Å²) >= 11 is 1.82. The molecule has 6 nitrogen and oxygen atoms in total. The lowest BCUT2D eigenvalue weighted by Gasteiger charge is -2.34. The van der Waals surface area contributed by atoms with Crippen LogP contribution < -0.4 is 25.0 Å². The second-order valence-electron chi connectivity index (χ2n) is 8.23. The maximum atomic E-state index is 5.54. The van der Waals surface area contributed by atoms with Crippen molar-refractivity contribution < 1.29 is 9.47 Å². The molecule has 2 aromatic rings. The molecule has 7 heteroatoms. The van der Waals surface area contributed by atoms with Crippen molar-refractivity contribution in [3.05, 3.63) is 41.3 Å². The number of anilines is 1. The lowest BCUT2D eigenvalue weighted by atomic mass is 9.84. The molecule has 0 amide bonds. The first kappa shape index (κ1) is 19.9. The second-order valence-corrected chi connectivity index (χ2v) is 9.16. The Balaban J connectivity index is 1.29. The predicted molar refractivity (Wildman–Crippen MR) is 120 cm³/mol. The maximum Gasteiger partial charge on any atom is 0.231 e. The first-order chi connectivity index (χ1) is 14.0. The van der Waals surface area contributed by atoms with Crippen LogP contribution in [0.1, 0.15) is 32.3 Å². The Morgan fingerprint density at radius 2 is 2.00 bits per heavy atom. The highest BCUT2D eigenvalue weighted by Gasteiger charge is 2.25. The van der Waals surface area contributed by atoms with Gasteiger partial charge in [0.15, 0.2) is 17.5 Å². The largest absolute Gasteiger partial charge is 0.454 e. The summed E-state index contributed by atoms with van der Waals surface area (Å²) in [7, 11) is 1.84. The van der Waals surface area contributed by atoms with Crippen LogP contribution in [0.25, 0.3) is 0 Å². The third kappa shape index (κ3) is 4.61. The van der Waals surface area contributed by atoms with Crippen molar-refractivity contribution in [3.63, 3.8) is 0 Å². The summed E-state index contributed by atoms with van der Waals surface area (Å²) < 4.78 is 11.0. The van der Waals surface area contributed by atoms with E-state index in [0.717, 1.165) is 49.9 Å². The molecule has 156 valence electrons. The fraction of sp³-hybridized carbons (Fsp3) is 0.500. The number of nitrogens with zero attached hydrogens (tertiary/aromatic N) is 2. The molecule has 2 aliphatic heterocycles. The van der Waals surface area contributed by atoms with Crippen LogP contribution in [0.15, 0.2) is 40.7 Å². The molecule has 0 bridgehead atoms. The normalized spacial score (nSPS) is 17.5.